The lowest BCUT2D eigenvalue weighted by Gasteiger charge is -2.33. The van der Waals surface area contributed by atoms with Crippen molar-refractivity contribution >= 4 is 47.1 Å². The molecular formula is C21H33IN6S. The Balaban J connectivity index is 0.00000300. The molecule has 0 bridgehead atoms. The fourth-order valence-electron chi connectivity index (χ4n) is 3.18. The van der Waals surface area contributed by atoms with Crippen LogP contribution in [0.3, 0.4) is 0 Å². The molecule has 1 saturated heterocycles. The fraction of sp³-hybridized carbons (Fsp3) is 0.571. The number of rotatable bonds is 4. The minimum atomic E-state index is 0. The number of hydrogen-bond acceptors (Lipinski definition) is 5. The van der Waals surface area contributed by atoms with Crippen LogP contribution in [0, 0.1) is 6.92 Å². The number of hydrogen-bond donors (Lipinski definition) is 2. The van der Waals surface area contributed by atoms with Gasteiger partial charge in [0.05, 0.1) is 12.2 Å². The van der Waals surface area contributed by atoms with Crippen LogP contribution in [0.4, 0.5) is 5.82 Å². The van der Waals surface area contributed by atoms with E-state index >= 15 is 0 Å². The van der Waals surface area contributed by atoms with Crippen LogP contribution in [0.25, 0.3) is 0 Å². The lowest BCUT2D eigenvalue weighted by molar-refractivity contribution is 0.459. The molecule has 0 saturated carbocycles. The minimum absolute atomic E-state index is 0. The van der Waals surface area contributed by atoms with E-state index in [-0.39, 0.29) is 29.4 Å². The molecule has 29 heavy (non-hydrogen) atoms. The summed E-state index contributed by atoms with van der Waals surface area (Å²) in [6.45, 7) is 11.4. The van der Waals surface area contributed by atoms with E-state index in [9.17, 15) is 0 Å². The van der Waals surface area contributed by atoms with Crippen molar-refractivity contribution in [2.45, 2.75) is 58.5 Å². The predicted molar refractivity (Wildman–Crippen MR) is 134 cm³/mol. The summed E-state index contributed by atoms with van der Waals surface area (Å²) in [5.74, 6) is 1.92. The van der Waals surface area contributed by atoms with Crippen LogP contribution in [-0.2, 0) is 12.0 Å². The van der Waals surface area contributed by atoms with Crippen LogP contribution in [0.5, 0.6) is 0 Å². The average molecular weight is 529 g/mol. The van der Waals surface area contributed by atoms with Crippen LogP contribution in [0.15, 0.2) is 28.7 Å². The van der Waals surface area contributed by atoms with Gasteiger partial charge in [0.2, 0.25) is 0 Å². The van der Waals surface area contributed by atoms with Crippen molar-refractivity contribution in [1.82, 2.24) is 20.6 Å². The maximum atomic E-state index is 4.74. The Bertz CT molecular complexity index is 788. The summed E-state index contributed by atoms with van der Waals surface area (Å²) >= 11 is 1.70. The highest BCUT2D eigenvalue weighted by molar-refractivity contribution is 14.0. The highest BCUT2D eigenvalue weighted by atomic mass is 127. The monoisotopic (exact) mass is 528 g/mol. The number of aryl methyl sites for hydroxylation is 1. The van der Waals surface area contributed by atoms with Crippen molar-refractivity contribution in [3.63, 3.8) is 0 Å². The van der Waals surface area contributed by atoms with Gasteiger partial charge in [-0.1, -0.05) is 26.8 Å². The molecule has 3 heterocycles. The van der Waals surface area contributed by atoms with Crippen LogP contribution in [0.1, 0.15) is 49.9 Å². The van der Waals surface area contributed by atoms with Crippen molar-refractivity contribution in [3.05, 3.63) is 40.0 Å². The van der Waals surface area contributed by atoms with Crippen molar-refractivity contribution in [1.29, 1.82) is 0 Å². The number of thiazole rings is 1. The molecule has 2 aromatic rings. The van der Waals surface area contributed by atoms with E-state index in [0.29, 0.717) is 12.6 Å². The standard InChI is InChI=1S/C21H32N6S.HI/c1-15-6-7-18(23-12-15)27-10-8-16(9-11-27)25-20(22-5)24-13-19-26-17(14-28-19)21(2,3)4;/h6-7,12,14,16H,8-11,13H2,1-5H3,(H2,22,24,25);1H. The molecule has 1 fully saturated rings. The van der Waals surface area contributed by atoms with Crippen molar-refractivity contribution in [2.75, 3.05) is 25.0 Å². The first kappa shape index (κ1) is 23.9. The van der Waals surface area contributed by atoms with E-state index in [2.05, 4.69) is 70.7 Å². The Morgan fingerprint density at radius 2 is 2.00 bits per heavy atom. The van der Waals surface area contributed by atoms with Gasteiger partial charge in [0.1, 0.15) is 10.8 Å². The van der Waals surface area contributed by atoms with Crippen molar-refractivity contribution < 1.29 is 0 Å². The summed E-state index contributed by atoms with van der Waals surface area (Å²) in [4.78, 5) is 16.0. The van der Waals surface area contributed by atoms with Gasteiger partial charge in [-0.3, -0.25) is 4.99 Å². The SMILES string of the molecule is CN=C(NCc1nc(C(C)(C)C)cs1)NC1CCN(c2ccc(C)cn2)CC1.I. The van der Waals surface area contributed by atoms with E-state index in [1.54, 1.807) is 11.3 Å². The summed E-state index contributed by atoms with van der Waals surface area (Å²) in [7, 11) is 1.82. The fourth-order valence-corrected chi connectivity index (χ4v) is 4.14. The molecule has 3 rings (SSSR count). The number of anilines is 1. The number of piperidine rings is 1. The Morgan fingerprint density at radius 1 is 1.28 bits per heavy atom. The largest absolute Gasteiger partial charge is 0.356 e. The highest BCUT2D eigenvalue weighted by Crippen LogP contribution is 2.23. The van der Waals surface area contributed by atoms with Gasteiger partial charge in [-0.05, 0) is 31.4 Å². The molecule has 0 amide bonds. The third kappa shape index (κ3) is 6.80. The quantitative estimate of drug-likeness (QED) is 0.356. The van der Waals surface area contributed by atoms with Gasteiger partial charge < -0.3 is 15.5 Å². The van der Waals surface area contributed by atoms with Gasteiger partial charge in [0.25, 0.3) is 0 Å². The molecule has 0 radical (unpaired) electrons. The molecule has 2 aromatic heterocycles. The molecule has 6 nitrogen and oxygen atoms in total. The van der Waals surface area contributed by atoms with Gasteiger partial charge in [-0.2, -0.15) is 0 Å². The topological polar surface area (TPSA) is 65.4 Å². The molecule has 8 heteroatoms. The molecule has 160 valence electrons. The van der Waals surface area contributed by atoms with Crippen LogP contribution < -0.4 is 15.5 Å². The lowest BCUT2D eigenvalue weighted by atomic mass is 9.93. The molecular weight excluding hydrogens is 495 g/mol. The van der Waals surface area contributed by atoms with E-state index < -0.39 is 0 Å². The Labute approximate surface area is 195 Å². The first-order valence-corrected chi connectivity index (χ1v) is 10.8. The van der Waals surface area contributed by atoms with E-state index in [1.807, 2.05) is 13.2 Å². The molecule has 0 atom stereocenters. The maximum Gasteiger partial charge on any atom is 0.191 e. The molecule has 2 N–H and O–H groups in total. The van der Waals surface area contributed by atoms with E-state index in [4.69, 9.17) is 4.98 Å². The normalized spacial score (nSPS) is 15.8. The molecule has 0 aromatic carbocycles. The summed E-state index contributed by atoms with van der Waals surface area (Å²) in [5.41, 5.74) is 2.44. The Hall–Kier alpha value is -1.42. The summed E-state index contributed by atoms with van der Waals surface area (Å²) in [6.07, 6.45) is 4.08. The Morgan fingerprint density at radius 3 is 2.55 bits per heavy atom. The van der Waals surface area contributed by atoms with Crippen LogP contribution in [-0.4, -0.2) is 42.1 Å². The second-order valence-electron chi connectivity index (χ2n) is 8.40. The molecule has 1 aliphatic rings. The smallest absolute Gasteiger partial charge is 0.191 e. The zero-order valence-corrected chi connectivity index (χ0v) is 21.2. The zero-order valence-electron chi connectivity index (χ0n) is 18.0. The van der Waals surface area contributed by atoms with E-state index in [0.717, 1.165) is 48.4 Å². The van der Waals surface area contributed by atoms with Gasteiger partial charge in [-0.15, -0.1) is 35.3 Å². The van der Waals surface area contributed by atoms with Gasteiger partial charge in [-0.25, -0.2) is 9.97 Å². The third-order valence-electron chi connectivity index (χ3n) is 5.01. The predicted octanol–water partition coefficient (Wildman–Crippen LogP) is 4.10. The maximum absolute atomic E-state index is 4.74. The van der Waals surface area contributed by atoms with Gasteiger partial charge >= 0.3 is 0 Å². The number of halogens is 1. The molecule has 0 unspecified atom stereocenters. The zero-order chi connectivity index (χ0) is 20.1. The summed E-state index contributed by atoms with van der Waals surface area (Å²) < 4.78 is 0. The lowest BCUT2D eigenvalue weighted by Crippen LogP contribution is -2.48. The molecule has 0 spiro atoms. The number of pyridine rings is 1. The second-order valence-corrected chi connectivity index (χ2v) is 9.34. The number of aromatic nitrogens is 2. The van der Waals surface area contributed by atoms with Crippen molar-refractivity contribution in [3.8, 4) is 0 Å². The molecule has 0 aliphatic carbocycles. The summed E-state index contributed by atoms with van der Waals surface area (Å²) in [5, 5.41) is 10.2. The summed E-state index contributed by atoms with van der Waals surface area (Å²) in [6, 6.07) is 4.67. The molecule has 1 aliphatic heterocycles. The number of guanidine groups is 1. The highest BCUT2D eigenvalue weighted by Gasteiger charge is 2.21. The Kier molecular flexibility index (Phi) is 8.69. The van der Waals surface area contributed by atoms with Gasteiger partial charge in [0, 0.05) is 43.2 Å². The second kappa shape index (κ2) is 10.6. The number of nitrogens with one attached hydrogen (secondary N) is 2. The van der Waals surface area contributed by atoms with E-state index in [1.165, 1.54) is 5.56 Å². The van der Waals surface area contributed by atoms with Crippen LogP contribution in [0.2, 0.25) is 0 Å². The first-order valence-electron chi connectivity index (χ1n) is 9.95. The van der Waals surface area contributed by atoms with Crippen LogP contribution >= 0.6 is 35.3 Å². The first-order chi connectivity index (χ1) is 13.3. The number of nitrogens with zero attached hydrogens (tertiary/aromatic N) is 4. The van der Waals surface area contributed by atoms with Crippen molar-refractivity contribution in [2.24, 2.45) is 4.99 Å². The third-order valence-corrected chi connectivity index (χ3v) is 5.86. The average Bonchev–Trinajstić information content (AvgIpc) is 3.16. The number of aliphatic imine (C=N–C) groups is 1. The van der Waals surface area contributed by atoms with Gasteiger partial charge in [0.15, 0.2) is 5.96 Å². The minimum Gasteiger partial charge on any atom is -0.356 e.